The topological polar surface area (TPSA) is 178 Å². The molecular formula is C32H43N5O7S2. The molecule has 3 rings (SSSR count). The molecule has 1 aromatic heterocycles. The molecule has 1 unspecified atom stereocenters. The smallest absolute Gasteiger partial charge is 0.411 e. The maximum absolute atomic E-state index is 12.5. The van der Waals surface area contributed by atoms with Crippen LogP contribution >= 0.6 is 11.3 Å². The van der Waals surface area contributed by atoms with E-state index in [4.69, 9.17) is 0 Å². The number of aryl methyl sites for hydroxylation is 2. The van der Waals surface area contributed by atoms with Crippen LogP contribution in [-0.2, 0) is 33.9 Å². The summed E-state index contributed by atoms with van der Waals surface area (Å²) in [5, 5.41) is 28.9. The zero-order chi connectivity index (χ0) is 34.7. The first-order chi connectivity index (χ1) is 21.1. The number of carbonyl (C=O) groups is 3. The Labute approximate surface area is 274 Å². The summed E-state index contributed by atoms with van der Waals surface area (Å²) in [6.45, 7) is 11.8. The van der Waals surface area contributed by atoms with Crippen molar-refractivity contribution in [2.75, 3.05) is 16.9 Å². The van der Waals surface area contributed by atoms with Gasteiger partial charge < -0.3 is 20.8 Å². The Morgan fingerprint density at radius 1 is 0.935 bits per heavy atom. The van der Waals surface area contributed by atoms with Gasteiger partial charge in [0.1, 0.15) is 0 Å². The number of carbonyl (C=O) groups excluding carboxylic acids is 1. The third kappa shape index (κ3) is 8.97. The van der Waals surface area contributed by atoms with E-state index < -0.39 is 38.8 Å². The lowest BCUT2D eigenvalue weighted by Crippen LogP contribution is -2.76. The van der Waals surface area contributed by atoms with Crippen LogP contribution in [0.1, 0.15) is 70.2 Å². The number of carboxylic acid groups (broad SMARTS) is 2. The van der Waals surface area contributed by atoms with Crippen molar-refractivity contribution in [2.45, 2.75) is 83.9 Å². The highest BCUT2D eigenvalue weighted by Gasteiger charge is 2.54. The Kier molecular flexibility index (Phi) is 10.8. The minimum atomic E-state index is -3.37. The molecule has 0 radical (unpaired) electrons. The van der Waals surface area contributed by atoms with Crippen molar-refractivity contribution in [3.8, 4) is 0 Å². The normalized spacial score (nSPS) is 13.4. The fourth-order valence-electron chi connectivity index (χ4n) is 5.16. The molecule has 0 spiro atoms. The molecule has 2 aromatic carbocycles. The number of rotatable bonds is 11. The molecule has 5 N–H and O–H groups in total. The maximum atomic E-state index is 12.5. The molecule has 250 valence electrons. The fourth-order valence-corrected chi connectivity index (χ4v) is 6.94. The van der Waals surface area contributed by atoms with Gasteiger partial charge in [-0.05, 0) is 69.0 Å². The molecule has 12 nitrogen and oxygen atoms in total. The first kappa shape index (κ1) is 36.3. The number of thiazole rings is 1. The van der Waals surface area contributed by atoms with Crippen molar-refractivity contribution in [3.63, 3.8) is 0 Å². The first-order valence-electron chi connectivity index (χ1n) is 14.6. The second kappa shape index (κ2) is 13.7. The molecule has 0 aliphatic carbocycles. The summed E-state index contributed by atoms with van der Waals surface area (Å²) in [5.41, 5.74) is 1.14. The van der Waals surface area contributed by atoms with Crippen LogP contribution in [0.5, 0.6) is 0 Å². The molecule has 0 fully saturated rings. The molecule has 0 saturated carbocycles. The van der Waals surface area contributed by atoms with Crippen molar-refractivity contribution in [1.29, 1.82) is 0 Å². The van der Waals surface area contributed by atoms with Gasteiger partial charge in [0.05, 0.1) is 10.6 Å². The number of hydrogen-bond acceptors (Lipinski definition) is 8. The zero-order valence-corrected chi connectivity index (χ0v) is 29.0. The third-order valence-corrected chi connectivity index (χ3v) is 9.38. The van der Waals surface area contributed by atoms with Crippen LogP contribution in [0.25, 0.3) is 0 Å². The Bertz CT molecular complexity index is 1690. The number of nitrogens with one attached hydrogen (secondary N) is 3. The van der Waals surface area contributed by atoms with Gasteiger partial charge in [0.2, 0.25) is 11.7 Å². The van der Waals surface area contributed by atoms with Crippen LogP contribution < -0.4 is 16.0 Å². The summed E-state index contributed by atoms with van der Waals surface area (Å²) < 4.78 is 24.1. The minimum absolute atomic E-state index is 0.231. The standard InChI is InChI=1S/C32H43N5O7S2/c1-20(38)33-27-34-25(26(45-27)19-22-10-9-11-24(18-22)46(8,43)44)17-14-21-12-15-23(16-13-21)35-32(30(2,3)4,36-28(39)40)37(29(41)42)31(5,6)7/h9-13,15-16,18,35-36H,14,17,19H2,1-8H3,(H,39,40)(H,41,42)(H,33,34,38). The van der Waals surface area contributed by atoms with E-state index in [2.05, 4.69) is 20.9 Å². The van der Waals surface area contributed by atoms with Gasteiger partial charge in [-0.15, -0.1) is 11.3 Å². The molecule has 0 bridgehead atoms. The number of benzene rings is 2. The molecule has 14 heteroatoms. The van der Waals surface area contributed by atoms with Gasteiger partial charge in [-0.3, -0.25) is 15.0 Å². The highest BCUT2D eigenvalue weighted by atomic mass is 32.2. The van der Waals surface area contributed by atoms with Crippen LogP contribution in [0.4, 0.5) is 20.4 Å². The lowest BCUT2D eigenvalue weighted by Gasteiger charge is -2.55. The number of anilines is 2. The summed E-state index contributed by atoms with van der Waals surface area (Å²) in [4.78, 5) is 43.2. The van der Waals surface area contributed by atoms with Gasteiger partial charge in [0, 0.05) is 41.1 Å². The summed E-state index contributed by atoms with van der Waals surface area (Å²) in [5.74, 6) is -1.97. The molecule has 0 saturated heterocycles. The molecule has 1 atom stereocenters. The van der Waals surface area contributed by atoms with E-state index in [0.717, 1.165) is 26.6 Å². The monoisotopic (exact) mass is 673 g/mol. The van der Waals surface area contributed by atoms with Crippen LogP contribution in [0.3, 0.4) is 0 Å². The van der Waals surface area contributed by atoms with Crippen molar-refractivity contribution in [2.24, 2.45) is 5.41 Å². The number of nitrogens with zero attached hydrogens (tertiary/aromatic N) is 2. The quantitative estimate of drug-likeness (QED) is 0.152. The van der Waals surface area contributed by atoms with Gasteiger partial charge in [-0.25, -0.2) is 23.0 Å². The van der Waals surface area contributed by atoms with E-state index in [0.29, 0.717) is 30.1 Å². The second-order valence-electron chi connectivity index (χ2n) is 13.2. The van der Waals surface area contributed by atoms with E-state index in [1.807, 2.05) is 18.2 Å². The van der Waals surface area contributed by atoms with Crippen LogP contribution in [0, 0.1) is 5.41 Å². The van der Waals surface area contributed by atoms with Gasteiger partial charge >= 0.3 is 12.2 Å². The Hall–Kier alpha value is -4.17. The molecule has 0 aliphatic rings. The van der Waals surface area contributed by atoms with E-state index in [1.165, 1.54) is 24.5 Å². The molecular weight excluding hydrogens is 631 g/mol. The lowest BCUT2D eigenvalue weighted by atomic mass is 9.82. The SMILES string of the molecule is CC(=O)Nc1nc(CCc2ccc(NC(NC(=O)O)(N(C(=O)O)C(C)(C)C)C(C)(C)C)cc2)c(Cc2cccc(S(C)(=O)=O)c2)s1. The van der Waals surface area contributed by atoms with Gasteiger partial charge in [-0.2, -0.15) is 0 Å². The fraction of sp³-hybridized carbons (Fsp3) is 0.438. The molecule has 3 aromatic rings. The van der Waals surface area contributed by atoms with Gasteiger partial charge in [0.15, 0.2) is 15.0 Å². The Morgan fingerprint density at radius 2 is 1.57 bits per heavy atom. The zero-order valence-electron chi connectivity index (χ0n) is 27.4. The number of amides is 3. The average Bonchev–Trinajstić information content (AvgIpc) is 3.25. The summed E-state index contributed by atoms with van der Waals surface area (Å²) in [7, 11) is -3.37. The van der Waals surface area contributed by atoms with E-state index >= 15 is 0 Å². The number of aromatic nitrogens is 1. The van der Waals surface area contributed by atoms with Gasteiger partial charge in [-0.1, -0.05) is 45.0 Å². The van der Waals surface area contributed by atoms with E-state index in [-0.39, 0.29) is 10.8 Å². The Morgan fingerprint density at radius 3 is 2.07 bits per heavy atom. The predicted octanol–water partition coefficient (Wildman–Crippen LogP) is 6.04. The predicted molar refractivity (Wildman–Crippen MR) is 179 cm³/mol. The van der Waals surface area contributed by atoms with Crippen LogP contribution in [-0.4, -0.2) is 64.2 Å². The number of sulfone groups is 1. The molecule has 1 heterocycles. The third-order valence-electron chi connectivity index (χ3n) is 7.25. The van der Waals surface area contributed by atoms with E-state index in [1.54, 1.807) is 71.9 Å². The molecule has 0 aliphatic heterocycles. The average molecular weight is 674 g/mol. The van der Waals surface area contributed by atoms with Crippen molar-refractivity contribution in [1.82, 2.24) is 15.2 Å². The summed E-state index contributed by atoms with van der Waals surface area (Å²) in [6, 6.07) is 14.0. The lowest BCUT2D eigenvalue weighted by molar-refractivity contribution is -0.114. The van der Waals surface area contributed by atoms with Crippen molar-refractivity contribution in [3.05, 3.63) is 70.2 Å². The maximum Gasteiger partial charge on any atom is 0.411 e. The van der Waals surface area contributed by atoms with Crippen molar-refractivity contribution >= 4 is 50.1 Å². The highest BCUT2D eigenvalue weighted by Crippen LogP contribution is 2.39. The van der Waals surface area contributed by atoms with Crippen LogP contribution in [0.2, 0.25) is 0 Å². The first-order valence-corrected chi connectivity index (χ1v) is 17.3. The number of hydrogen-bond donors (Lipinski definition) is 5. The summed E-state index contributed by atoms with van der Waals surface area (Å²) in [6.07, 6.45) is 0.0569. The van der Waals surface area contributed by atoms with Crippen LogP contribution in [0.15, 0.2) is 53.4 Å². The van der Waals surface area contributed by atoms with Crippen molar-refractivity contribution < 1.29 is 33.0 Å². The largest absolute Gasteiger partial charge is 0.465 e. The molecule has 46 heavy (non-hydrogen) atoms. The molecule has 3 amide bonds. The Balaban J connectivity index is 1.90. The minimum Gasteiger partial charge on any atom is -0.465 e. The summed E-state index contributed by atoms with van der Waals surface area (Å²) >= 11 is 1.34. The highest BCUT2D eigenvalue weighted by molar-refractivity contribution is 7.90. The van der Waals surface area contributed by atoms with E-state index in [9.17, 15) is 33.0 Å². The second-order valence-corrected chi connectivity index (χ2v) is 16.3. The van der Waals surface area contributed by atoms with Gasteiger partial charge in [0.25, 0.3) is 0 Å².